The smallest absolute Gasteiger partial charge is 0.331 e. The van der Waals surface area contributed by atoms with Crippen molar-refractivity contribution in [3.63, 3.8) is 0 Å². The van der Waals surface area contributed by atoms with E-state index >= 15 is 0 Å². The van der Waals surface area contributed by atoms with Gasteiger partial charge in [-0.15, -0.1) is 0 Å². The maximum Gasteiger partial charge on any atom is 0.331 e. The highest BCUT2D eigenvalue weighted by Crippen LogP contribution is 2.32. The van der Waals surface area contributed by atoms with Gasteiger partial charge in [0.15, 0.2) is 0 Å². The normalized spacial score (nSPS) is 18.1. The minimum Gasteiger partial charge on any atom is -0.361 e. The lowest BCUT2D eigenvalue weighted by Gasteiger charge is -2.32. The molecule has 2 aliphatic heterocycles. The number of nitrogens with zero attached hydrogens (tertiary/aromatic N) is 3. The van der Waals surface area contributed by atoms with Crippen molar-refractivity contribution in [3.05, 3.63) is 92.6 Å². The molecule has 1 atom stereocenters. The number of hydrogen-bond acceptors (Lipinski definition) is 3. The summed E-state index contributed by atoms with van der Waals surface area (Å²) in [6.45, 7) is 4.00. The minimum atomic E-state index is -0.418. The van der Waals surface area contributed by atoms with Crippen molar-refractivity contribution in [1.82, 2.24) is 19.0 Å². The van der Waals surface area contributed by atoms with Crippen LogP contribution in [-0.4, -0.2) is 38.7 Å². The number of aromatic nitrogens is 3. The topological polar surface area (TPSA) is 63.0 Å². The van der Waals surface area contributed by atoms with Gasteiger partial charge in [0.25, 0.3) is 5.56 Å². The van der Waals surface area contributed by atoms with Gasteiger partial charge >= 0.3 is 5.69 Å². The molecule has 1 saturated heterocycles. The summed E-state index contributed by atoms with van der Waals surface area (Å²) in [6.07, 6.45) is 8.60. The Kier molecular flexibility index (Phi) is 7.02. The number of fused-ring (bicyclic) bond motifs is 2. The van der Waals surface area contributed by atoms with Gasteiger partial charge in [0.1, 0.15) is 5.82 Å². The summed E-state index contributed by atoms with van der Waals surface area (Å²) in [6, 6.07) is 14.9. The van der Waals surface area contributed by atoms with Crippen LogP contribution < -0.4 is 11.2 Å². The van der Waals surface area contributed by atoms with E-state index in [4.69, 9.17) is 0 Å². The van der Waals surface area contributed by atoms with Crippen LogP contribution in [0.25, 0.3) is 22.0 Å². The van der Waals surface area contributed by atoms with E-state index in [0.717, 1.165) is 45.3 Å². The number of H-pyrrole nitrogens is 1. The molecule has 6 nitrogen and oxygen atoms in total. The van der Waals surface area contributed by atoms with Crippen LogP contribution in [0.3, 0.4) is 0 Å². The Bertz CT molecular complexity index is 1570. The molecule has 2 aromatic heterocycles. The molecule has 7 heteroatoms. The predicted octanol–water partition coefficient (Wildman–Crippen LogP) is 5.29. The molecule has 0 bridgehead atoms. The van der Waals surface area contributed by atoms with Crippen LogP contribution in [-0.2, 0) is 19.5 Å². The third-order valence-corrected chi connectivity index (χ3v) is 8.40. The summed E-state index contributed by atoms with van der Waals surface area (Å²) >= 11 is 0. The van der Waals surface area contributed by atoms with E-state index in [1.165, 1.54) is 39.9 Å². The molecule has 0 spiro atoms. The molecule has 1 N–H and O–H groups in total. The van der Waals surface area contributed by atoms with Gasteiger partial charge in [-0.25, -0.2) is 9.18 Å². The maximum absolute atomic E-state index is 14.7. The molecule has 4 aromatic rings. The molecular formula is C31H35FN4O2. The lowest BCUT2D eigenvalue weighted by atomic mass is 9.90. The lowest BCUT2D eigenvalue weighted by Crippen LogP contribution is -2.44. The first-order valence-electron chi connectivity index (χ1n) is 14.0. The molecule has 4 heterocycles. The van der Waals surface area contributed by atoms with E-state index in [1.54, 1.807) is 22.8 Å². The van der Waals surface area contributed by atoms with Crippen molar-refractivity contribution in [2.45, 2.75) is 64.0 Å². The standard InChI is InChI=1S/C31H35FN4O2/c32-26-13-3-1-12-24(26)29-28-15-5-6-18-35(28)31(38)36(30(29)37)19-8-7-16-34-17-9-10-22(21-34)25-20-33-27-14-4-2-11-23(25)27/h1-4,11-14,20,22,33H,5-10,15-19,21H2. The fraction of sp³-hybridized carbons (Fsp3) is 0.419. The van der Waals surface area contributed by atoms with Crippen LogP contribution in [0, 0.1) is 5.82 Å². The van der Waals surface area contributed by atoms with Gasteiger partial charge in [-0.1, -0.05) is 36.4 Å². The van der Waals surface area contributed by atoms with Crippen molar-refractivity contribution in [3.8, 4) is 11.1 Å². The van der Waals surface area contributed by atoms with E-state index in [-0.39, 0.29) is 11.2 Å². The maximum atomic E-state index is 14.7. The van der Waals surface area contributed by atoms with Gasteiger partial charge < -0.3 is 9.88 Å². The number of aromatic amines is 1. The molecule has 0 aliphatic carbocycles. The highest BCUT2D eigenvalue weighted by molar-refractivity contribution is 5.83. The largest absolute Gasteiger partial charge is 0.361 e. The Morgan fingerprint density at radius 3 is 2.63 bits per heavy atom. The molecule has 2 aromatic carbocycles. The first kappa shape index (κ1) is 24.9. The first-order valence-corrected chi connectivity index (χ1v) is 14.0. The van der Waals surface area contributed by atoms with Crippen LogP contribution in [0.15, 0.2) is 64.3 Å². The second-order valence-electron chi connectivity index (χ2n) is 10.8. The summed E-state index contributed by atoms with van der Waals surface area (Å²) in [5.74, 6) is 0.0918. The quantitative estimate of drug-likeness (QED) is 0.341. The zero-order valence-electron chi connectivity index (χ0n) is 21.8. The molecule has 1 fully saturated rings. The Morgan fingerprint density at radius 1 is 0.921 bits per heavy atom. The molecule has 6 rings (SSSR count). The van der Waals surface area contributed by atoms with Crippen LogP contribution in [0.4, 0.5) is 4.39 Å². The van der Waals surface area contributed by atoms with E-state index in [2.05, 4.69) is 40.3 Å². The number of likely N-dealkylation sites (tertiary alicyclic amines) is 1. The van der Waals surface area contributed by atoms with E-state index < -0.39 is 5.82 Å². The van der Waals surface area contributed by atoms with E-state index in [0.29, 0.717) is 42.2 Å². The van der Waals surface area contributed by atoms with E-state index in [9.17, 15) is 14.0 Å². The van der Waals surface area contributed by atoms with Crippen molar-refractivity contribution >= 4 is 10.9 Å². The Morgan fingerprint density at radius 2 is 1.74 bits per heavy atom. The molecule has 0 radical (unpaired) electrons. The van der Waals surface area contributed by atoms with Gasteiger partial charge in [-0.3, -0.25) is 13.9 Å². The summed E-state index contributed by atoms with van der Waals surface area (Å²) in [4.78, 5) is 32.8. The fourth-order valence-electron chi connectivity index (χ4n) is 6.48. The Balaban J connectivity index is 1.16. The summed E-state index contributed by atoms with van der Waals surface area (Å²) in [7, 11) is 0. The average molecular weight is 515 g/mol. The van der Waals surface area contributed by atoms with Crippen molar-refractivity contribution in [2.75, 3.05) is 19.6 Å². The number of benzene rings is 2. The van der Waals surface area contributed by atoms with Crippen LogP contribution in [0.1, 0.15) is 55.7 Å². The molecule has 1 unspecified atom stereocenters. The minimum absolute atomic E-state index is 0.248. The zero-order valence-corrected chi connectivity index (χ0v) is 21.8. The summed E-state index contributed by atoms with van der Waals surface area (Å²) < 4.78 is 17.8. The monoisotopic (exact) mass is 514 g/mol. The van der Waals surface area contributed by atoms with Gasteiger partial charge in [-0.2, -0.15) is 0 Å². The van der Waals surface area contributed by atoms with Gasteiger partial charge in [0.05, 0.1) is 5.56 Å². The first-order chi connectivity index (χ1) is 18.6. The molecule has 0 amide bonds. The molecular weight excluding hydrogens is 479 g/mol. The summed E-state index contributed by atoms with van der Waals surface area (Å²) in [5.41, 5.74) is 3.33. The number of hydrogen-bond donors (Lipinski definition) is 1. The zero-order chi connectivity index (χ0) is 26.1. The lowest BCUT2D eigenvalue weighted by molar-refractivity contribution is 0.204. The predicted molar refractivity (Wildman–Crippen MR) is 149 cm³/mol. The van der Waals surface area contributed by atoms with Crippen molar-refractivity contribution in [1.29, 1.82) is 0 Å². The molecule has 198 valence electrons. The van der Waals surface area contributed by atoms with Gasteiger partial charge in [0, 0.05) is 48.0 Å². The number of nitrogens with one attached hydrogen (secondary N) is 1. The van der Waals surface area contributed by atoms with Crippen LogP contribution in [0.5, 0.6) is 0 Å². The SMILES string of the molecule is O=c1c(-c2ccccc2F)c2n(c(=O)n1CCCCN1CCCC(c3c[nH]c4ccccc34)C1)CCCC2. The summed E-state index contributed by atoms with van der Waals surface area (Å²) in [5, 5.41) is 1.32. The van der Waals surface area contributed by atoms with Crippen LogP contribution in [0.2, 0.25) is 0 Å². The van der Waals surface area contributed by atoms with E-state index in [1.807, 2.05) is 0 Å². The number of unbranched alkanes of at least 4 members (excludes halogenated alkanes) is 1. The molecule has 2 aliphatic rings. The molecule has 0 saturated carbocycles. The van der Waals surface area contributed by atoms with Crippen LogP contribution >= 0.6 is 0 Å². The Labute approximate surface area is 221 Å². The van der Waals surface area contributed by atoms with Gasteiger partial charge in [-0.05, 0) is 81.6 Å². The average Bonchev–Trinajstić information content (AvgIpc) is 3.38. The highest BCUT2D eigenvalue weighted by atomic mass is 19.1. The number of piperidine rings is 1. The van der Waals surface area contributed by atoms with Crippen molar-refractivity contribution in [2.24, 2.45) is 0 Å². The third kappa shape index (κ3) is 4.64. The fourth-order valence-corrected chi connectivity index (χ4v) is 6.48. The highest BCUT2D eigenvalue weighted by Gasteiger charge is 2.25. The second-order valence-corrected chi connectivity index (χ2v) is 10.8. The van der Waals surface area contributed by atoms with Crippen molar-refractivity contribution < 1.29 is 4.39 Å². The second kappa shape index (κ2) is 10.7. The third-order valence-electron chi connectivity index (χ3n) is 8.40. The van der Waals surface area contributed by atoms with Gasteiger partial charge in [0.2, 0.25) is 0 Å². The Hall–Kier alpha value is -3.45. The number of halogens is 1. The number of rotatable bonds is 7. The molecule has 38 heavy (non-hydrogen) atoms. The number of para-hydroxylation sites is 1.